The third-order valence-electron chi connectivity index (χ3n) is 2.24. The number of thioether (sulfide) groups is 1. The van der Waals surface area contributed by atoms with Crippen molar-refractivity contribution in [3.63, 3.8) is 0 Å². The van der Waals surface area contributed by atoms with Crippen LogP contribution in [0.5, 0.6) is 0 Å². The fourth-order valence-electron chi connectivity index (χ4n) is 1.50. The Morgan fingerprint density at radius 1 is 1.59 bits per heavy atom. The average molecular weight is 255 g/mol. The fraction of sp³-hybridized carbons (Fsp3) is 0.455. The Labute approximate surface area is 105 Å². The first kappa shape index (κ1) is 13.8. The monoisotopic (exact) mass is 255 g/mol. The van der Waals surface area contributed by atoms with Gasteiger partial charge in [0.25, 0.3) is 0 Å². The Balaban J connectivity index is 3.25. The van der Waals surface area contributed by atoms with Gasteiger partial charge in [-0.2, -0.15) is 0 Å². The fourth-order valence-corrected chi connectivity index (χ4v) is 2.62. The number of nitrogens with two attached hydrogens (primary N) is 1. The number of hydrogen-bond donors (Lipinski definition) is 3. The quantitative estimate of drug-likeness (QED) is 0.248. The first-order valence-corrected chi connectivity index (χ1v) is 6.11. The number of aromatic nitrogens is 1. The number of aliphatic hydroxyl groups is 1. The molecule has 0 saturated carbocycles. The lowest BCUT2D eigenvalue weighted by Crippen LogP contribution is -2.18. The third-order valence-corrected chi connectivity index (χ3v) is 3.37. The Bertz CT molecular complexity index is 435. The molecule has 0 amide bonds. The van der Waals surface area contributed by atoms with Gasteiger partial charge in [-0.1, -0.05) is 12.1 Å². The van der Waals surface area contributed by atoms with Crippen molar-refractivity contribution in [2.45, 2.75) is 30.9 Å². The van der Waals surface area contributed by atoms with E-state index >= 15 is 0 Å². The number of rotatable bonds is 4. The van der Waals surface area contributed by atoms with E-state index in [2.05, 4.69) is 10.1 Å². The van der Waals surface area contributed by atoms with Crippen LogP contribution in [0.15, 0.2) is 16.1 Å². The third kappa shape index (κ3) is 3.34. The van der Waals surface area contributed by atoms with Crippen LogP contribution in [-0.4, -0.2) is 33.0 Å². The van der Waals surface area contributed by atoms with Crippen molar-refractivity contribution in [3.05, 3.63) is 23.0 Å². The maximum Gasteiger partial charge on any atom is 0.173 e. The van der Waals surface area contributed by atoms with Gasteiger partial charge in [0.15, 0.2) is 5.84 Å². The van der Waals surface area contributed by atoms with Gasteiger partial charge >= 0.3 is 0 Å². The summed E-state index contributed by atoms with van der Waals surface area (Å²) in [6.07, 6.45) is 0. The van der Waals surface area contributed by atoms with Crippen LogP contribution in [0.4, 0.5) is 0 Å². The molecule has 6 heteroatoms. The number of oxime groups is 1. The van der Waals surface area contributed by atoms with Gasteiger partial charge < -0.3 is 16.0 Å². The van der Waals surface area contributed by atoms with E-state index in [1.165, 1.54) is 11.8 Å². The zero-order chi connectivity index (χ0) is 13.0. The van der Waals surface area contributed by atoms with Gasteiger partial charge in [-0.25, -0.2) is 0 Å². The van der Waals surface area contributed by atoms with Crippen LogP contribution in [0.2, 0.25) is 0 Å². The molecule has 5 nitrogen and oxygen atoms in total. The Hall–Kier alpha value is -1.27. The van der Waals surface area contributed by atoms with E-state index < -0.39 is 0 Å². The van der Waals surface area contributed by atoms with E-state index in [1.807, 2.05) is 26.8 Å². The lowest BCUT2D eigenvalue weighted by atomic mass is 10.1. The first-order chi connectivity index (χ1) is 7.99. The number of amidine groups is 1. The van der Waals surface area contributed by atoms with Crippen LogP contribution in [0, 0.1) is 13.8 Å². The smallest absolute Gasteiger partial charge is 0.173 e. The van der Waals surface area contributed by atoms with Crippen molar-refractivity contribution in [1.82, 2.24) is 4.98 Å². The number of hydrogen-bond acceptors (Lipinski definition) is 5. The molecule has 0 bridgehead atoms. The van der Waals surface area contributed by atoms with Crippen LogP contribution in [-0.2, 0) is 0 Å². The minimum absolute atomic E-state index is 0.0430. The summed E-state index contributed by atoms with van der Waals surface area (Å²) in [5.74, 6) is 0.0441. The van der Waals surface area contributed by atoms with Crippen molar-refractivity contribution in [3.8, 4) is 0 Å². The van der Waals surface area contributed by atoms with Gasteiger partial charge in [-0.15, -0.1) is 11.8 Å². The molecule has 1 heterocycles. The summed E-state index contributed by atoms with van der Waals surface area (Å²) >= 11 is 1.48. The highest BCUT2D eigenvalue weighted by atomic mass is 32.2. The van der Waals surface area contributed by atoms with Gasteiger partial charge in [0.1, 0.15) is 0 Å². The number of nitrogens with zero attached hydrogens (tertiary/aromatic N) is 2. The maximum absolute atomic E-state index is 9.07. The lowest BCUT2D eigenvalue weighted by Gasteiger charge is -2.14. The van der Waals surface area contributed by atoms with E-state index in [0.717, 1.165) is 10.6 Å². The van der Waals surface area contributed by atoms with Crippen molar-refractivity contribution >= 4 is 17.6 Å². The summed E-state index contributed by atoms with van der Waals surface area (Å²) in [7, 11) is 0. The zero-order valence-electron chi connectivity index (χ0n) is 10.1. The molecule has 0 aliphatic carbocycles. The van der Waals surface area contributed by atoms with Crippen molar-refractivity contribution in [1.29, 1.82) is 0 Å². The summed E-state index contributed by atoms with van der Waals surface area (Å²) in [6.45, 7) is 5.68. The Morgan fingerprint density at radius 3 is 2.76 bits per heavy atom. The molecule has 1 atom stereocenters. The van der Waals surface area contributed by atoms with E-state index in [0.29, 0.717) is 11.3 Å². The highest BCUT2D eigenvalue weighted by Crippen LogP contribution is 2.28. The van der Waals surface area contributed by atoms with Gasteiger partial charge in [0.05, 0.1) is 12.2 Å². The van der Waals surface area contributed by atoms with Gasteiger partial charge in [0.2, 0.25) is 0 Å². The molecule has 1 rings (SSSR count). The standard InChI is InChI=1S/C11H17N3O2S/c1-6-4-9(17-7(2)5-15)10(8(3)13-6)11(12)14-16/h4,7,15-16H,5H2,1-3H3,(H2,12,14). The van der Waals surface area contributed by atoms with Crippen LogP contribution < -0.4 is 5.73 Å². The van der Waals surface area contributed by atoms with Gasteiger partial charge in [0, 0.05) is 21.5 Å². The molecule has 0 aliphatic heterocycles. The number of aliphatic hydroxyl groups excluding tert-OH is 1. The Morgan fingerprint density at radius 2 is 2.24 bits per heavy atom. The minimum atomic E-state index is 0.0430. The highest BCUT2D eigenvalue weighted by Gasteiger charge is 2.15. The summed E-state index contributed by atoms with van der Waals surface area (Å²) in [5, 5.41) is 20.9. The number of aryl methyl sites for hydroxylation is 2. The molecule has 4 N–H and O–H groups in total. The minimum Gasteiger partial charge on any atom is -0.409 e. The second-order valence-electron chi connectivity index (χ2n) is 3.82. The molecular weight excluding hydrogens is 238 g/mol. The van der Waals surface area contributed by atoms with Crippen LogP contribution in [0.1, 0.15) is 23.9 Å². The van der Waals surface area contributed by atoms with Crippen LogP contribution in [0.3, 0.4) is 0 Å². The summed E-state index contributed by atoms with van der Waals surface area (Å²) in [4.78, 5) is 5.16. The molecule has 0 aromatic carbocycles. The van der Waals surface area contributed by atoms with Crippen molar-refractivity contribution < 1.29 is 10.3 Å². The molecule has 0 fully saturated rings. The summed E-state index contributed by atoms with van der Waals surface area (Å²) < 4.78 is 0. The van der Waals surface area contributed by atoms with Crippen molar-refractivity contribution in [2.75, 3.05) is 6.61 Å². The molecule has 0 saturated heterocycles. The van der Waals surface area contributed by atoms with E-state index in [1.54, 1.807) is 0 Å². The maximum atomic E-state index is 9.07. The molecule has 94 valence electrons. The normalized spacial score (nSPS) is 13.8. The van der Waals surface area contributed by atoms with E-state index in [9.17, 15) is 0 Å². The molecular formula is C11H17N3O2S. The van der Waals surface area contributed by atoms with Gasteiger partial charge in [-0.05, 0) is 19.9 Å². The topological polar surface area (TPSA) is 91.7 Å². The summed E-state index contributed by atoms with van der Waals surface area (Å²) in [6, 6.07) is 1.87. The Kier molecular flexibility index (Phi) is 4.77. The first-order valence-electron chi connectivity index (χ1n) is 5.23. The SMILES string of the molecule is Cc1cc(SC(C)CO)c(/C(N)=N/O)c(C)n1. The van der Waals surface area contributed by atoms with Crippen LogP contribution in [0.25, 0.3) is 0 Å². The lowest BCUT2D eigenvalue weighted by molar-refractivity contribution is 0.300. The molecule has 1 aromatic heterocycles. The molecule has 0 aliphatic rings. The van der Waals surface area contributed by atoms with Gasteiger partial charge in [-0.3, -0.25) is 4.98 Å². The van der Waals surface area contributed by atoms with Crippen LogP contribution >= 0.6 is 11.8 Å². The number of pyridine rings is 1. The molecule has 0 radical (unpaired) electrons. The summed E-state index contributed by atoms with van der Waals surface area (Å²) in [5.41, 5.74) is 7.86. The zero-order valence-corrected chi connectivity index (χ0v) is 11.0. The molecule has 1 unspecified atom stereocenters. The van der Waals surface area contributed by atoms with Crippen molar-refractivity contribution in [2.24, 2.45) is 10.9 Å². The molecule has 17 heavy (non-hydrogen) atoms. The predicted octanol–water partition coefficient (Wildman–Crippen LogP) is 1.27. The predicted molar refractivity (Wildman–Crippen MR) is 68.6 cm³/mol. The largest absolute Gasteiger partial charge is 0.409 e. The molecule has 1 aromatic rings. The molecule has 0 spiro atoms. The highest BCUT2D eigenvalue weighted by molar-refractivity contribution is 8.00. The second kappa shape index (κ2) is 5.88. The van der Waals surface area contributed by atoms with E-state index in [-0.39, 0.29) is 17.7 Å². The second-order valence-corrected chi connectivity index (χ2v) is 5.30. The van der Waals surface area contributed by atoms with E-state index in [4.69, 9.17) is 16.0 Å². The average Bonchev–Trinajstić information content (AvgIpc) is 2.27.